The summed E-state index contributed by atoms with van der Waals surface area (Å²) in [6, 6.07) is 17.0. The van der Waals surface area contributed by atoms with E-state index in [0.717, 1.165) is 31.2 Å². The molecule has 0 aliphatic heterocycles. The quantitative estimate of drug-likeness (QED) is 0.254. The van der Waals surface area contributed by atoms with Gasteiger partial charge in [-0.05, 0) is 54.9 Å². The fourth-order valence-electron chi connectivity index (χ4n) is 4.56. The molecule has 10 heteroatoms. The molecular weight excluding hydrogens is 482 g/mol. The highest BCUT2D eigenvalue weighted by atomic mass is 16.4. The number of rotatable bonds is 11. The third-order valence-electron chi connectivity index (χ3n) is 6.89. The number of amides is 1. The zero-order valence-electron chi connectivity index (χ0n) is 21.8. The molecule has 4 rings (SSSR count). The number of hydrogen-bond donors (Lipinski definition) is 5. The number of carboxylic acid groups (broad SMARTS) is 1. The molecule has 1 aromatic heterocycles. The minimum atomic E-state index is -0.963. The molecule has 5 N–H and O–H groups in total. The fourth-order valence-corrected chi connectivity index (χ4v) is 4.56. The van der Waals surface area contributed by atoms with Crippen LogP contribution in [0.15, 0.2) is 54.6 Å². The lowest BCUT2D eigenvalue weighted by Crippen LogP contribution is -2.36. The van der Waals surface area contributed by atoms with E-state index in [1.165, 1.54) is 5.56 Å². The second-order valence-electron chi connectivity index (χ2n) is 9.66. The third kappa shape index (κ3) is 7.41. The SMILES string of the molecule is CNc1nc(NC[C@H](C)c2ccccc2)nc(N[C@H]2CC[C@H](C(=O)NCc3ccc(C(=O)O)cc3)CC2)n1. The Balaban J connectivity index is 1.26. The maximum atomic E-state index is 12.7. The van der Waals surface area contributed by atoms with Crippen molar-refractivity contribution >= 4 is 29.7 Å². The maximum Gasteiger partial charge on any atom is 0.335 e. The van der Waals surface area contributed by atoms with Gasteiger partial charge in [0, 0.05) is 32.1 Å². The minimum absolute atomic E-state index is 0.0300. The van der Waals surface area contributed by atoms with E-state index in [9.17, 15) is 9.59 Å². The first kappa shape index (κ1) is 26.8. The number of carbonyl (C=O) groups is 2. The number of anilines is 3. The zero-order valence-corrected chi connectivity index (χ0v) is 21.8. The van der Waals surface area contributed by atoms with Crippen molar-refractivity contribution in [2.45, 2.75) is 51.1 Å². The Morgan fingerprint density at radius 3 is 2.24 bits per heavy atom. The molecule has 1 aliphatic rings. The van der Waals surface area contributed by atoms with Gasteiger partial charge in [0.2, 0.25) is 23.8 Å². The van der Waals surface area contributed by atoms with Gasteiger partial charge in [0.1, 0.15) is 0 Å². The molecule has 1 amide bonds. The number of aromatic nitrogens is 3. The van der Waals surface area contributed by atoms with Crippen molar-refractivity contribution in [3.8, 4) is 0 Å². The lowest BCUT2D eigenvalue weighted by molar-refractivity contribution is -0.126. The van der Waals surface area contributed by atoms with E-state index in [4.69, 9.17) is 5.11 Å². The number of benzene rings is 2. The standard InChI is InChI=1S/C28H35N7O3/c1-18(20-6-4-3-5-7-20)16-31-27-33-26(29-2)34-28(35-27)32-23-14-12-21(13-15-23)24(36)30-17-19-8-10-22(11-9-19)25(37)38/h3-11,18,21,23H,12-17H2,1-2H3,(H,30,36)(H,37,38)(H3,29,31,32,33,34,35)/t18-,21-,23-/m0/s1. The van der Waals surface area contributed by atoms with Crippen molar-refractivity contribution in [3.63, 3.8) is 0 Å². The Hall–Kier alpha value is -4.21. The Bertz CT molecular complexity index is 1210. The van der Waals surface area contributed by atoms with Crippen LogP contribution in [0.4, 0.5) is 17.8 Å². The summed E-state index contributed by atoms with van der Waals surface area (Å²) < 4.78 is 0. The van der Waals surface area contributed by atoms with Crippen LogP contribution in [0, 0.1) is 5.92 Å². The summed E-state index contributed by atoms with van der Waals surface area (Å²) >= 11 is 0. The van der Waals surface area contributed by atoms with Crippen molar-refractivity contribution in [3.05, 3.63) is 71.3 Å². The molecule has 0 saturated heterocycles. The fraction of sp³-hybridized carbons (Fsp3) is 0.393. The number of nitrogens with zero attached hydrogens (tertiary/aromatic N) is 3. The molecule has 1 atom stereocenters. The second-order valence-corrected chi connectivity index (χ2v) is 9.66. The summed E-state index contributed by atoms with van der Waals surface area (Å²) in [5, 5.41) is 21.7. The molecular formula is C28H35N7O3. The van der Waals surface area contributed by atoms with Crippen molar-refractivity contribution in [2.75, 3.05) is 29.5 Å². The van der Waals surface area contributed by atoms with Crippen LogP contribution >= 0.6 is 0 Å². The van der Waals surface area contributed by atoms with Gasteiger partial charge < -0.3 is 26.4 Å². The van der Waals surface area contributed by atoms with Gasteiger partial charge in [0.15, 0.2) is 0 Å². The van der Waals surface area contributed by atoms with E-state index < -0.39 is 5.97 Å². The number of hydrogen-bond acceptors (Lipinski definition) is 8. The van der Waals surface area contributed by atoms with Crippen LogP contribution in [-0.2, 0) is 11.3 Å². The first-order chi connectivity index (χ1) is 18.4. The Morgan fingerprint density at radius 1 is 0.921 bits per heavy atom. The topological polar surface area (TPSA) is 141 Å². The van der Waals surface area contributed by atoms with Crippen molar-refractivity contribution < 1.29 is 14.7 Å². The average molecular weight is 518 g/mol. The summed E-state index contributed by atoms with van der Waals surface area (Å²) in [5.74, 6) is 0.831. The lowest BCUT2D eigenvalue weighted by Gasteiger charge is -2.28. The number of nitrogens with one attached hydrogen (secondary N) is 4. The summed E-state index contributed by atoms with van der Waals surface area (Å²) in [7, 11) is 1.78. The first-order valence-electron chi connectivity index (χ1n) is 13.0. The Kier molecular flexibility index (Phi) is 9.07. The molecule has 0 unspecified atom stereocenters. The molecule has 0 bridgehead atoms. The Morgan fingerprint density at radius 2 is 1.58 bits per heavy atom. The van der Waals surface area contributed by atoms with Gasteiger partial charge in [-0.2, -0.15) is 15.0 Å². The smallest absolute Gasteiger partial charge is 0.335 e. The predicted octanol–water partition coefficient (Wildman–Crippen LogP) is 4.11. The summed E-state index contributed by atoms with van der Waals surface area (Å²) in [4.78, 5) is 37.2. The van der Waals surface area contributed by atoms with Gasteiger partial charge in [-0.15, -0.1) is 0 Å². The highest BCUT2D eigenvalue weighted by molar-refractivity contribution is 5.87. The Labute approximate surface area is 222 Å². The molecule has 1 fully saturated rings. The van der Waals surface area contributed by atoms with Crippen LogP contribution in [0.2, 0.25) is 0 Å². The van der Waals surface area contributed by atoms with Crippen LogP contribution in [0.1, 0.15) is 60.0 Å². The van der Waals surface area contributed by atoms with E-state index in [-0.39, 0.29) is 23.4 Å². The third-order valence-corrected chi connectivity index (χ3v) is 6.89. The molecule has 200 valence electrons. The average Bonchev–Trinajstić information content (AvgIpc) is 2.95. The second kappa shape index (κ2) is 12.8. The van der Waals surface area contributed by atoms with E-state index in [1.807, 2.05) is 18.2 Å². The molecule has 38 heavy (non-hydrogen) atoms. The normalized spacial score (nSPS) is 17.7. The number of aromatic carboxylic acids is 1. The molecule has 0 spiro atoms. The predicted molar refractivity (Wildman–Crippen MR) is 147 cm³/mol. The molecule has 1 saturated carbocycles. The van der Waals surface area contributed by atoms with Gasteiger partial charge in [0.25, 0.3) is 0 Å². The largest absolute Gasteiger partial charge is 0.478 e. The molecule has 3 aromatic rings. The number of carbonyl (C=O) groups excluding carboxylic acids is 1. The summed E-state index contributed by atoms with van der Waals surface area (Å²) in [6.45, 7) is 3.24. The molecule has 0 radical (unpaired) electrons. The molecule has 10 nitrogen and oxygen atoms in total. The summed E-state index contributed by atoms with van der Waals surface area (Å²) in [5.41, 5.74) is 2.35. The van der Waals surface area contributed by atoms with Gasteiger partial charge in [-0.1, -0.05) is 49.4 Å². The van der Waals surface area contributed by atoms with Gasteiger partial charge in [-0.25, -0.2) is 4.79 Å². The lowest BCUT2D eigenvalue weighted by atomic mass is 9.85. The van der Waals surface area contributed by atoms with Crippen LogP contribution in [0.3, 0.4) is 0 Å². The van der Waals surface area contributed by atoms with E-state index in [1.54, 1.807) is 31.3 Å². The molecule has 1 aliphatic carbocycles. The van der Waals surface area contributed by atoms with Gasteiger partial charge in [-0.3, -0.25) is 4.79 Å². The van der Waals surface area contributed by atoms with Gasteiger partial charge in [0.05, 0.1) is 5.56 Å². The maximum absolute atomic E-state index is 12.7. The minimum Gasteiger partial charge on any atom is -0.478 e. The van der Waals surface area contributed by atoms with Crippen LogP contribution in [0.25, 0.3) is 0 Å². The van der Waals surface area contributed by atoms with Gasteiger partial charge >= 0.3 is 5.97 Å². The monoisotopic (exact) mass is 517 g/mol. The molecule has 2 aromatic carbocycles. The number of carboxylic acids is 1. The molecule has 1 heterocycles. The van der Waals surface area contributed by atoms with Crippen molar-refractivity contribution in [2.24, 2.45) is 5.92 Å². The van der Waals surface area contributed by atoms with E-state index >= 15 is 0 Å². The van der Waals surface area contributed by atoms with Crippen LogP contribution < -0.4 is 21.3 Å². The zero-order chi connectivity index (χ0) is 26.9. The first-order valence-corrected chi connectivity index (χ1v) is 13.0. The van der Waals surface area contributed by atoms with Crippen LogP contribution in [0.5, 0.6) is 0 Å². The highest BCUT2D eigenvalue weighted by Crippen LogP contribution is 2.27. The van der Waals surface area contributed by atoms with E-state index in [0.29, 0.717) is 36.9 Å². The highest BCUT2D eigenvalue weighted by Gasteiger charge is 2.26. The van der Waals surface area contributed by atoms with E-state index in [2.05, 4.69) is 55.3 Å². The van der Waals surface area contributed by atoms with Crippen molar-refractivity contribution in [1.29, 1.82) is 0 Å². The summed E-state index contributed by atoms with van der Waals surface area (Å²) in [6.07, 6.45) is 3.20. The van der Waals surface area contributed by atoms with Crippen LogP contribution in [-0.4, -0.2) is 51.6 Å². The van der Waals surface area contributed by atoms with Crippen molar-refractivity contribution in [1.82, 2.24) is 20.3 Å².